The quantitative estimate of drug-likeness (QED) is 0.363. The molecule has 0 spiro atoms. The van der Waals surface area contributed by atoms with Gasteiger partial charge in [-0.2, -0.15) is 0 Å². The Labute approximate surface area is 181 Å². The molecule has 0 radical (unpaired) electrons. The molecule has 0 bridgehead atoms. The summed E-state index contributed by atoms with van der Waals surface area (Å²) in [5.41, 5.74) is -0.237. The van der Waals surface area contributed by atoms with Crippen LogP contribution in [0.25, 0.3) is 5.76 Å². The smallest absolute Gasteiger partial charge is 0.300 e. The molecule has 1 fully saturated rings. The summed E-state index contributed by atoms with van der Waals surface area (Å²) in [5, 5.41) is 11.1. The second kappa shape index (κ2) is 8.18. The van der Waals surface area contributed by atoms with E-state index in [4.69, 9.17) is 13.9 Å². The van der Waals surface area contributed by atoms with Crippen LogP contribution in [0.3, 0.4) is 0 Å². The van der Waals surface area contributed by atoms with Crippen molar-refractivity contribution in [1.82, 2.24) is 0 Å². The van der Waals surface area contributed by atoms with Crippen molar-refractivity contribution in [1.29, 1.82) is 0 Å². The third kappa shape index (κ3) is 3.37. The highest BCUT2D eigenvalue weighted by Crippen LogP contribution is 2.43. The fourth-order valence-corrected chi connectivity index (χ4v) is 3.59. The zero-order valence-corrected chi connectivity index (χ0v) is 17.0. The lowest BCUT2D eigenvalue weighted by atomic mass is 9.98. The second-order valence-electron chi connectivity index (χ2n) is 6.85. The number of hydrogen-bond donors (Lipinski definition) is 1. The normalized spacial score (nSPS) is 17.6. The lowest BCUT2D eigenvalue weighted by molar-refractivity contribution is -0.132. The number of halogens is 2. The number of anilines is 1. The summed E-state index contributed by atoms with van der Waals surface area (Å²) < 4.78 is 43.2. The molecule has 1 N–H and O–H groups in total. The van der Waals surface area contributed by atoms with Gasteiger partial charge in [0.15, 0.2) is 11.6 Å². The van der Waals surface area contributed by atoms with Crippen molar-refractivity contribution in [2.45, 2.75) is 6.04 Å². The number of benzene rings is 2. The fourth-order valence-electron chi connectivity index (χ4n) is 3.59. The van der Waals surface area contributed by atoms with E-state index in [1.54, 1.807) is 6.07 Å². The molecule has 1 aliphatic rings. The number of aliphatic hydroxyl groups excluding tert-OH is 1. The molecule has 1 saturated heterocycles. The lowest BCUT2D eigenvalue weighted by Gasteiger charge is -2.23. The molecule has 1 atom stereocenters. The number of furan rings is 1. The molecule has 164 valence electrons. The Morgan fingerprint density at radius 2 is 1.81 bits per heavy atom. The fraction of sp³-hybridized carbons (Fsp3) is 0.130. The van der Waals surface area contributed by atoms with E-state index in [0.717, 1.165) is 23.1 Å². The number of amides is 1. The minimum Gasteiger partial charge on any atom is -0.507 e. The summed E-state index contributed by atoms with van der Waals surface area (Å²) >= 11 is 0. The maximum atomic E-state index is 13.9. The molecular weight excluding hydrogens is 424 g/mol. The van der Waals surface area contributed by atoms with Crippen LogP contribution >= 0.6 is 0 Å². The molecule has 1 aromatic heterocycles. The van der Waals surface area contributed by atoms with Gasteiger partial charge in [-0.05, 0) is 36.4 Å². The molecule has 1 amide bonds. The van der Waals surface area contributed by atoms with E-state index in [2.05, 4.69) is 0 Å². The van der Waals surface area contributed by atoms with Gasteiger partial charge in [-0.15, -0.1) is 0 Å². The molecule has 1 aliphatic heterocycles. The molecule has 3 aromatic rings. The van der Waals surface area contributed by atoms with Crippen molar-refractivity contribution >= 4 is 23.1 Å². The van der Waals surface area contributed by atoms with Crippen LogP contribution in [0.1, 0.15) is 17.4 Å². The molecule has 2 aromatic carbocycles. The Bertz CT molecular complexity index is 1240. The minimum atomic E-state index is -1.22. The number of nitrogens with zero attached hydrogens (tertiary/aromatic N) is 1. The predicted molar refractivity (Wildman–Crippen MR) is 109 cm³/mol. The summed E-state index contributed by atoms with van der Waals surface area (Å²) in [6.07, 6.45) is 1.33. The number of Topliss-reactive ketones (excluding diaryl/α,β-unsaturated/α-hetero) is 1. The molecule has 0 aliphatic carbocycles. The highest BCUT2D eigenvalue weighted by atomic mass is 19.2. The van der Waals surface area contributed by atoms with Crippen molar-refractivity contribution in [3.8, 4) is 11.5 Å². The Morgan fingerprint density at radius 3 is 2.44 bits per heavy atom. The SMILES string of the molecule is COc1ccc(/C(O)=C2/C(=O)C(=O)N(c3ccc(F)c(F)c3)C2c2ccco2)c(OC)c1. The molecule has 32 heavy (non-hydrogen) atoms. The van der Waals surface area contributed by atoms with Crippen LogP contribution in [0.5, 0.6) is 11.5 Å². The summed E-state index contributed by atoms with van der Waals surface area (Å²) in [7, 11) is 2.83. The van der Waals surface area contributed by atoms with Crippen molar-refractivity contribution < 1.29 is 37.4 Å². The summed E-state index contributed by atoms with van der Waals surface area (Å²) in [4.78, 5) is 26.9. The highest BCUT2D eigenvalue weighted by Gasteiger charge is 2.48. The number of ketones is 1. The average molecular weight is 441 g/mol. The van der Waals surface area contributed by atoms with Crippen LogP contribution in [0.2, 0.25) is 0 Å². The van der Waals surface area contributed by atoms with Crippen LogP contribution in [-0.2, 0) is 9.59 Å². The van der Waals surface area contributed by atoms with Crippen LogP contribution in [-0.4, -0.2) is 31.0 Å². The van der Waals surface area contributed by atoms with Crippen LogP contribution in [0.4, 0.5) is 14.5 Å². The number of carbonyl (C=O) groups is 2. The zero-order chi connectivity index (χ0) is 23.0. The van der Waals surface area contributed by atoms with Gasteiger partial charge in [0, 0.05) is 17.8 Å². The van der Waals surface area contributed by atoms with Crippen molar-refractivity contribution in [3.63, 3.8) is 0 Å². The van der Waals surface area contributed by atoms with Gasteiger partial charge in [0.05, 0.1) is 31.6 Å². The first kappa shape index (κ1) is 21.1. The van der Waals surface area contributed by atoms with Gasteiger partial charge in [-0.25, -0.2) is 8.78 Å². The number of ether oxygens (including phenoxy) is 2. The number of methoxy groups -OCH3 is 2. The topological polar surface area (TPSA) is 89.2 Å². The second-order valence-corrected chi connectivity index (χ2v) is 6.85. The first-order chi connectivity index (χ1) is 15.4. The van der Waals surface area contributed by atoms with E-state index in [9.17, 15) is 23.5 Å². The number of hydrogen-bond acceptors (Lipinski definition) is 6. The average Bonchev–Trinajstić information content (AvgIpc) is 3.42. The maximum absolute atomic E-state index is 13.9. The van der Waals surface area contributed by atoms with Gasteiger partial charge in [-0.3, -0.25) is 14.5 Å². The van der Waals surface area contributed by atoms with Crippen LogP contribution in [0, 0.1) is 11.6 Å². The van der Waals surface area contributed by atoms with E-state index >= 15 is 0 Å². The zero-order valence-electron chi connectivity index (χ0n) is 17.0. The van der Waals surface area contributed by atoms with Crippen molar-refractivity contribution in [2.75, 3.05) is 19.1 Å². The first-order valence-corrected chi connectivity index (χ1v) is 9.39. The van der Waals surface area contributed by atoms with Gasteiger partial charge in [0.25, 0.3) is 11.7 Å². The van der Waals surface area contributed by atoms with Gasteiger partial charge in [-0.1, -0.05) is 0 Å². The maximum Gasteiger partial charge on any atom is 0.300 e. The first-order valence-electron chi connectivity index (χ1n) is 9.39. The molecule has 0 saturated carbocycles. The Kier molecular flexibility index (Phi) is 5.40. The van der Waals surface area contributed by atoms with Gasteiger partial charge in [0.1, 0.15) is 29.1 Å². The predicted octanol–water partition coefficient (Wildman–Crippen LogP) is 4.20. The monoisotopic (exact) mass is 441 g/mol. The number of carbonyl (C=O) groups excluding carboxylic acids is 2. The summed E-state index contributed by atoms with van der Waals surface area (Å²) in [5.74, 6) is -4.10. The van der Waals surface area contributed by atoms with Crippen LogP contribution < -0.4 is 14.4 Å². The van der Waals surface area contributed by atoms with Gasteiger partial charge < -0.3 is 19.0 Å². The molecule has 7 nitrogen and oxygen atoms in total. The molecular formula is C23H17F2NO6. The molecule has 9 heteroatoms. The van der Waals surface area contributed by atoms with E-state index in [1.165, 1.54) is 44.7 Å². The Hall–Kier alpha value is -4.14. The highest BCUT2D eigenvalue weighted by molar-refractivity contribution is 6.51. The van der Waals surface area contributed by atoms with Gasteiger partial charge >= 0.3 is 0 Å². The molecule has 4 rings (SSSR count). The number of rotatable bonds is 5. The van der Waals surface area contributed by atoms with E-state index < -0.39 is 35.1 Å². The van der Waals surface area contributed by atoms with E-state index in [0.29, 0.717) is 5.75 Å². The van der Waals surface area contributed by atoms with Crippen LogP contribution in [0.15, 0.2) is 64.8 Å². The third-order valence-corrected chi connectivity index (χ3v) is 5.10. The molecule has 1 unspecified atom stereocenters. The van der Waals surface area contributed by atoms with E-state index in [-0.39, 0.29) is 28.3 Å². The number of aliphatic hydroxyl groups is 1. The third-order valence-electron chi connectivity index (χ3n) is 5.10. The molecule has 2 heterocycles. The van der Waals surface area contributed by atoms with Gasteiger partial charge in [0.2, 0.25) is 0 Å². The van der Waals surface area contributed by atoms with Crippen molar-refractivity contribution in [2.24, 2.45) is 0 Å². The summed E-state index contributed by atoms with van der Waals surface area (Å²) in [6.45, 7) is 0. The standard InChI is InChI=1S/C23H17F2NO6/c1-30-13-6-7-14(18(11-13)31-2)21(27)19-20(17-4-3-9-32-17)26(23(29)22(19)28)12-5-8-15(24)16(25)10-12/h3-11,20,27H,1-2H3/b21-19-. The summed E-state index contributed by atoms with van der Waals surface area (Å²) in [6, 6.07) is 9.14. The van der Waals surface area contributed by atoms with E-state index in [1.807, 2.05) is 0 Å². The minimum absolute atomic E-state index is 0.0758. The Morgan fingerprint density at radius 1 is 1.03 bits per heavy atom. The Balaban J connectivity index is 1.94. The van der Waals surface area contributed by atoms with Crippen molar-refractivity contribution in [3.05, 3.63) is 83.3 Å². The lowest BCUT2D eigenvalue weighted by Crippen LogP contribution is -2.29. The largest absolute Gasteiger partial charge is 0.507 e.